The summed E-state index contributed by atoms with van der Waals surface area (Å²) in [5, 5.41) is 4.17. The molecule has 7 heteroatoms. The number of nitrogens with zero attached hydrogens (tertiary/aromatic N) is 2. The van der Waals surface area contributed by atoms with E-state index < -0.39 is 9.84 Å². The third-order valence-electron chi connectivity index (χ3n) is 4.27. The Kier molecular flexibility index (Phi) is 5.57. The fourth-order valence-corrected chi connectivity index (χ4v) is 4.38. The van der Waals surface area contributed by atoms with Crippen LogP contribution in [0.1, 0.15) is 39.5 Å². The van der Waals surface area contributed by atoms with E-state index in [0.717, 1.165) is 0 Å². The molecule has 0 amide bonds. The highest BCUT2D eigenvalue weighted by molar-refractivity contribution is 7.90. The maximum atomic E-state index is 13.1. The van der Waals surface area contributed by atoms with Gasteiger partial charge in [-0.05, 0) is 50.5 Å². The molecule has 2 aromatic rings. The second-order valence-electron chi connectivity index (χ2n) is 6.09. The summed E-state index contributed by atoms with van der Waals surface area (Å²) in [6, 6.07) is 1.61. The lowest BCUT2D eigenvalue weighted by Crippen LogP contribution is -2.12. The Morgan fingerprint density at radius 3 is 2.46 bits per heavy atom. The molecule has 2 rings (SSSR count). The Morgan fingerprint density at radius 2 is 1.92 bits per heavy atom. The van der Waals surface area contributed by atoms with E-state index in [1.54, 1.807) is 31.5 Å². The lowest BCUT2D eigenvalue weighted by atomic mass is 9.95. The summed E-state index contributed by atoms with van der Waals surface area (Å²) in [6.45, 7) is 7.56. The maximum Gasteiger partial charge on any atom is 0.224 e. The summed E-state index contributed by atoms with van der Waals surface area (Å²) in [4.78, 5) is 13.4. The summed E-state index contributed by atoms with van der Waals surface area (Å²) < 4.78 is 31.2. The summed E-state index contributed by atoms with van der Waals surface area (Å²) in [6.07, 6.45) is 7.87. The number of hydrogen-bond acceptors (Lipinski definition) is 5. The van der Waals surface area contributed by atoms with Gasteiger partial charge in [0, 0.05) is 18.4 Å². The first-order valence-corrected chi connectivity index (χ1v) is 10.00. The number of sulfone groups is 1. The van der Waals surface area contributed by atoms with Gasteiger partial charge in [-0.15, -0.1) is 6.42 Å². The molecule has 0 saturated heterocycles. The van der Waals surface area contributed by atoms with E-state index >= 15 is 0 Å². The molecule has 138 valence electrons. The van der Waals surface area contributed by atoms with Gasteiger partial charge in [-0.1, -0.05) is 5.92 Å². The van der Waals surface area contributed by atoms with Crippen molar-refractivity contribution in [3.05, 3.63) is 40.1 Å². The lowest BCUT2D eigenvalue weighted by Gasteiger charge is -2.15. The Bertz CT molecular complexity index is 1010. The second kappa shape index (κ2) is 7.34. The highest BCUT2D eigenvalue weighted by atomic mass is 32.2. The van der Waals surface area contributed by atoms with Crippen LogP contribution in [0.25, 0.3) is 0 Å². The van der Waals surface area contributed by atoms with E-state index in [2.05, 4.69) is 11.0 Å². The third kappa shape index (κ3) is 3.51. The SMILES string of the molecule is C#CCOc1c(C(=O)c2cc(C)c(S(C)(=O)=O)c(C)c2C)cnn1CC. The van der Waals surface area contributed by atoms with Gasteiger partial charge in [-0.25, -0.2) is 13.1 Å². The quantitative estimate of drug-likeness (QED) is 0.573. The number of ketones is 1. The van der Waals surface area contributed by atoms with E-state index in [0.29, 0.717) is 40.2 Å². The number of hydrogen-bond donors (Lipinski definition) is 0. The van der Waals surface area contributed by atoms with E-state index in [-0.39, 0.29) is 17.3 Å². The van der Waals surface area contributed by atoms with Gasteiger partial charge in [0.15, 0.2) is 22.2 Å². The van der Waals surface area contributed by atoms with Gasteiger partial charge in [0.2, 0.25) is 5.88 Å². The molecule has 0 N–H and O–H groups in total. The number of terminal acetylenes is 1. The van der Waals surface area contributed by atoms with Crippen molar-refractivity contribution in [2.24, 2.45) is 0 Å². The van der Waals surface area contributed by atoms with Crippen molar-refractivity contribution < 1.29 is 17.9 Å². The molecule has 0 atom stereocenters. The standard InChI is InChI=1S/C19H22N2O4S/c1-7-9-25-19-16(11-20-21(19)8-2)17(22)15-10-12(3)18(26(6,23)24)14(5)13(15)4/h1,10-11H,8-9H2,2-6H3. The molecule has 26 heavy (non-hydrogen) atoms. The molecule has 1 heterocycles. The Hall–Kier alpha value is -2.59. The number of aromatic nitrogens is 2. The Labute approximate surface area is 154 Å². The molecule has 0 fully saturated rings. The molecule has 0 aliphatic heterocycles. The van der Waals surface area contributed by atoms with E-state index in [9.17, 15) is 13.2 Å². The van der Waals surface area contributed by atoms with Crippen LogP contribution in [0.5, 0.6) is 5.88 Å². The zero-order chi connectivity index (χ0) is 19.6. The fourth-order valence-electron chi connectivity index (χ4n) is 3.03. The minimum Gasteiger partial charge on any atom is -0.464 e. The highest BCUT2D eigenvalue weighted by Crippen LogP contribution is 2.29. The fraction of sp³-hybridized carbons (Fsp3) is 0.368. The molecule has 1 aromatic carbocycles. The number of ether oxygens (including phenoxy) is 1. The predicted octanol–water partition coefficient (Wildman–Crippen LogP) is 2.47. The van der Waals surface area contributed by atoms with Gasteiger partial charge in [-0.3, -0.25) is 4.79 Å². The number of aryl methyl sites for hydroxylation is 2. The summed E-state index contributed by atoms with van der Waals surface area (Å²) in [5.41, 5.74) is 2.45. The van der Waals surface area contributed by atoms with Crippen molar-refractivity contribution in [3.8, 4) is 18.2 Å². The van der Waals surface area contributed by atoms with Gasteiger partial charge in [0.1, 0.15) is 5.56 Å². The largest absolute Gasteiger partial charge is 0.464 e. The first-order chi connectivity index (χ1) is 12.1. The molecular formula is C19H22N2O4S. The van der Waals surface area contributed by atoms with Gasteiger partial charge >= 0.3 is 0 Å². The van der Waals surface area contributed by atoms with Crippen LogP contribution < -0.4 is 4.74 Å². The average Bonchev–Trinajstić information content (AvgIpc) is 2.97. The maximum absolute atomic E-state index is 13.1. The summed E-state index contributed by atoms with van der Waals surface area (Å²) in [5.74, 6) is 2.42. The van der Waals surface area contributed by atoms with Crippen LogP contribution in [-0.4, -0.2) is 36.8 Å². The topological polar surface area (TPSA) is 78.3 Å². The van der Waals surface area contributed by atoms with Crippen LogP contribution in [0.2, 0.25) is 0 Å². The van der Waals surface area contributed by atoms with E-state index in [4.69, 9.17) is 11.2 Å². The molecule has 0 unspecified atom stereocenters. The van der Waals surface area contributed by atoms with Crippen LogP contribution in [0, 0.1) is 33.1 Å². The summed E-state index contributed by atoms with van der Waals surface area (Å²) in [7, 11) is -3.39. The highest BCUT2D eigenvalue weighted by Gasteiger charge is 2.25. The molecule has 0 saturated carbocycles. The molecule has 6 nitrogen and oxygen atoms in total. The first kappa shape index (κ1) is 19.7. The van der Waals surface area contributed by atoms with Gasteiger partial charge < -0.3 is 4.74 Å². The van der Waals surface area contributed by atoms with Crippen LogP contribution in [0.4, 0.5) is 0 Å². The van der Waals surface area contributed by atoms with Crippen molar-refractivity contribution in [1.29, 1.82) is 0 Å². The molecule has 0 bridgehead atoms. The Balaban J connectivity index is 2.63. The predicted molar refractivity (Wildman–Crippen MR) is 99.4 cm³/mol. The van der Waals surface area contributed by atoms with Crippen LogP contribution in [-0.2, 0) is 16.4 Å². The zero-order valence-electron chi connectivity index (χ0n) is 15.6. The first-order valence-electron chi connectivity index (χ1n) is 8.11. The smallest absolute Gasteiger partial charge is 0.224 e. The number of carbonyl (C=O) groups is 1. The lowest BCUT2D eigenvalue weighted by molar-refractivity contribution is 0.103. The van der Waals surface area contributed by atoms with Crippen molar-refractivity contribution in [2.75, 3.05) is 12.9 Å². The number of carbonyl (C=O) groups excluding carboxylic acids is 1. The molecule has 0 radical (unpaired) electrons. The zero-order valence-corrected chi connectivity index (χ0v) is 16.4. The van der Waals surface area contributed by atoms with Gasteiger partial charge in [0.05, 0.1) is 11.1 Å². The number of rotatable bonds is 6. The summed E-state index contributed by atoms with van der Waals surface area (Å²) >= 11 is 0. The molecule has 1 aromatic heterocycles. The van der Waals surface area contributed by atoms with Crippen molar-refractivity contribution in [2.45, 2.75) is 39.1 Å². The molecule has 0 spiro atoms. The minimum atomic E-state index is -3.39. The van der Waals surface area contributed by atoms with Gasteiger partial charge in [-0.2, -0.15) is 5.10 Å². The monoisotopic (exact) mass is 374 g/mol. The van der Waals surface area contributed by atoms with Crippen LogP contribution in [0.15, 0.2) is 17.2 Å². The average molecular weight is 374 g/mol. The number of benzene rings is 1. The minimum absolute atomic E-state index is 0.0238. The third-order valence-corrected chi connectivity index (χ3v) is 5.64. The molecule has 0 aliphatic carbocycles. The molecule has 0 aliphatic rings. The van der Waals surface area contributed by atoms with Crippen LogP contribution >= 0.6 is 0 Å². The van der Waals surface area contributed by atoms with Crippen LogP contribution in [0.3, 0.4) is 0 Å². The van der Waals surface area contributed by atoms with E-state index in [1.807, 2.05) is 6.92 Å². The van der Waals surface area contributed by atoms with Crippen molar-refractivity contribution in [1.82, 2.24) is 9.78 Å². The van der Waals surface area contributed by atoms with Crippen molar-refractivity contribution >= 4 is 15.6 Å². The molecular weight excluding hydrogens is 352 g/mol. The second-order valence-corrected chi connectivity index (χ2v) is 8.05. The van der Waals surface area contributed by atoms with Gasteiger partial charge in [0.25, 0.3) is 0 Å². The van der Waals surface area contributed by atoms with E-state index in [1.165, 1.54) is 12.5 Å². The normalized spacial score (nSPS) is 11.2. The Morgan fingerprint density at radius 1 is 1.27 bits per heavy atom. The van der Waals surface area contributed by atoms with Crippen molar-refractivity contribution in [3.63, 3.8) is 0 Å².